The van der Waals surface area contributed by atoms with E-state index in [9.17, 15) is 6.85 Å². The minimum atomic E-state index is -0.498. The molecule has 0 unspecified atom stereocenters. The van der Waals surface area contributed by atoms with Crippen LogP contribution >= 0.6 is 0 Å². The third kappa shape index (κ3) is 8.09. The van der Waals surface area contributed by atoms with Crippen LogP contribution in [0.2, 0.25) is 0 Å². The summed E-state index contributed by atoms with van der Waals surface area (Å²) in [6, 6.07) is 39.0. The minimum Gasteiger partial charge on any atom is -0.457 e. The second kappa shape index (κ2) is 17.3. The second-order valence-corrected chi connectivity index (χ2v) is 20.6. The summed E-state index contributed by atoms with van der Waals surface area (Å²) in [7, 11) is 0. The molecule has 5 nitrogen and oxygen atoms in total. The highest BCUT2D eigenvalue weighted by molar-refractivity contribution is 6.09. The van der Waals surface area contributed by atoms with Crippen LogP contribution in [0, 0.1) is 0 Å². The van der Waals surface area contributed by atoms with Crippen LogP contribution in [0.1, 0.15) is 92.7 Å². The Morgan fingerprint density at radius 3 is 1.86 bits per heavy atom. The van der Waals surface area contributed by atoms with Crippen molar-refractivity contribution in [3.05, 3.63) is 228 Å². The summed E-state index contributed by atoms with van der Waals surface area (Å²) in [4.78, 5) is 9.02. The molecule has 0 saturated carbocycles. The number of nitrogens with zero attached hydrogens (tertiary/aromatic N) is 4. The van der Waals surface area contributed by atoms with Gasteiger partial charge in [0, 0.05) is 51.3 Å². The molecule has 0 N–H and O–H groups in total. The van der Waals surface area contributed by atoms with Crippen molar-refractivity contribution in [2.45, 2.75) is 71.6 Å². The van der Waals surface area contributed by atoms with Crippen LogP contribution in [0.3, 0.4) is 0 Å². The predicted molar refractivity (Wildman–Crippen MR) is 294 cm³/mol. The number of benzene rings is 8. The van der Waals surface area contributed by atoms with Crippen LogP contribution in [0.5, 0.6) is 11.5 Å². The molecule has 0 fully saturated rings. The molecule has 0 saturated heterocycles. The van der Waals surface area contributed by atoms with E-state index in [0.29, 0.717) is 34.0 Å². The van der Waals surface area contributed by atoms with Gasteiger partial charge in [0.25, 0.3) is 0 Å². The number of pyridine rings is 1. The van der Waals surface area contributed by atoms with E-state index in [1.807, 2.05) is 91.0 Å². The molecule has 11 rings (SSSR count). The smallest absolute Gasteiger partial charge is 0.137 e. The summed E-state index contributed by atoms with van der Waals surface area (Å²) in [5.74, 6) is 0.704. The van der Waals surface area contributed by atoms with E-state index in [1.54, 1.807) is 22.9 Å². The topological polar surface area (TPSA) is 33.5 Å². The van der Waals surface area contributed by atoms with Gasteiger partial charge in [-0.2, -0.15) is 0 Å². The molecule has 10 aromatic rings. The third-order valence-corrected chi connectivity index (χ3v) is 13.6. The van der Waals surface area contributed by atoms with Crippen molar-refractivity contribution < 1.29 is 19.8 Å². The Balaban J connectivity index is 1.06. The lowest BCUT2D eigenvalue weighted by Crippen LogP contribution is -2.25. The van der Waals surface area contributed by atoms with Crippen LogP contribution in [0.25, 0.3) is 49.9 Å². The first-order valence-corrected chi connectivity index (χ1v) is 23.6. The predicted octanol–water partition coefficient (Wildman–Crippen LogP) is 17.5. The number of aromatic nitrogens is 2. The highest BCUT2D eigenvalue weighted by atomic mass is 16.5. The molecule has 5 heteroatoms. The fourth-order valence-electron chi connectivity index (χ4n) is 9.58. The van der Waals surface area contributed by atoms with Crippen LogP contribution in [0.15, 0.2) is 206 Å². The Bertz CT molecular complexity index is 4160. The summed E-state index contributed by atoms with van der Waals surface area (Å²) < 4.78 is 108. The standard InChI is InChI=1S/C65H60N4O/c1-63(2,3)48-37-45(38-49(39-48)64(4,5)6)54-29-20-28-53(44-21-11-9-12-22-44)62(54)68-43-67(58-31-17-18-32-59(58)68)50-25-19-26-51(41-50)70-52-33-34-56-55-27-15-16-30-57(55)69(60(56)42-52)61-40-47(35-36-66-61)65(7,8)46-23-13-10-14-24-46/h9-42H,43H2,1-8H3/i9D,11D,12D,15D,16D,21D,22D,27D,30D,33D,34D. The van der Waals surface area contributed by atoms with E-state index in [2.05, 4.69) is 95.5 Å². The zero-order valence-electron chi connectivity index (χ0n) is 51.7. The lowest BCUT2D eigenvalue weighted by molar-refractivity contribution is 0.483. The van der Waals surface area contributed by atoms with E-state index in [4.69, 9.17) is 17.9 Å². The summed E-state index contributed by atoms with van der Waals surface area (Å²) >= 11 is 0. The molecule has 8 aromatic carbocycles. The van der Waals surface area contributed by atoms with Crippen LogP contribution in [-0.2, 0) is 16.2 Å². The molecule has 0 radical (unpaired) electrons. The Labute approximate surface area is 428 Å². The molecule has 0 amide bonds. The van der Waals surface area contributed by atoms with Crippen molar-refractivity contribution in [2.75, 3.05) is 16.5 Å². The molecule has 1 aliphatic rings. The molecule has 2 aromatic heterocycles. The molecule has 346 valence electrons. The van der Waals surface area contributed by atoms with Gasteiger partial charge in [-0.1, -0.05) is 189 Å². The van der Waals surface area contributed by atoms with E-state index in [-0.39, 0.29) is 81.4 Å². The van der Waals surface area contributed by atoms with Gasteiger partial charge in [0.2, 0.25) is 0 Å². The van der Waals surface area contributed by atoms with Crippen molar-refractivity contribution in [1.29, 1.82) is 0 Å². The highest BCUT2D eigenvalue weighted by Gasteiger charge is 2.32. The summed E-state index contributed by atoms with van der Waals surface area (Å²) in [6.45, 7) is 17.5. The lowest BCUT2D eigenvalue weighted by Gasteiger charge is -2.29. The van der Waals surface area contributed by atoms with Gasteiger partial charge < -0.3 is 14.5 Å². The first-order chi connectivity index (χ1) is 38.3. The van der Waals surface area contributed by atoms with Gasteiger partial charge in [-0.15, -0.1) is 0 Å². The molecule has 1 aliphatic heterocycles. The zero-order chi connectivity index (χ0) is 57.9. The summed E-state index contributed by atoms with van der Waals surface area (Å²) in [5, 5.41) is 0.261. The van der Waals surface area contributed by atoms with E-state index in [1.165, 1.54) is 0 Å². The number of hydrogen-bond donors (Lipinski definition) is 0. The molecular formula is C65H60N4O. The first-order valence-electron chi connectivity index (χ1n) is 29.1. The molecule has 0 bridgehead atoms. The van der Waals surface area contributed by atoms with Gasteiger partial charge in [0.05, 0.1) is 43.2 Å². The van der Waals surface area contributed by atoms with Crippen molar-refractivity contribution in [3.8, 4) is 39.6 Å². The van der Waals surface area contributed by atoms with Gasteiger partial charge in [0.1, 0.15) is 24.0 Å². The molecular weight excluding hydrogens is 853 g/mol. The molecule has 0 atom stereocenters. The molecule has 70 heavy (non-hydrogen) atoms. The first kappa shape index (κ1) is 33.6. The quantitative estimate of drug-likeness (QED) is 0.144. The normalized spacial score (nSPS) is 15.2. The molecule has 0 aliphatic carbocycles. The van der Waals surface area contributed by atoms with Crippen LogP contribution in [0.4, 0.5) is 22.7 Å². The Morgan fingerprint density at radius 2 is 1.13 bits per heavy atom. The maximum atomic E-state index is 9.54. The van der Waals surface area contributed by atoms with Gasteiger partial charge in [-0.05, 0) is 98.7 Å². The van der Waals surface area contributed by atoms with Gasteiger partial charge in [0.15, 0.2) is 0 Å². The largest absolute Gasteiger partial charge is 0.457 e. The third-order valence-electron chi connectivity index (χ3n) is 13.6. The summed E-state index contributed by atoms with van der Waals surface area (Å²) in [6.07, 6.45) is 1.67. The molecule has 0 spiro atoms. The van der Waals surface area contributed by atoms with Crippen molar-refractivity contribution >= 4 is 44.6 Å². The monoisotopic (exact) mass is 924 g/mol. The Kier molecular flexibility index (Phi) is 8.28. The number of fused-ring (bicyclic) bond motifs is 4. The SMILES string of the molecule is [2H]c1c([2H])c([2H])c(-c2cccc(-c3cc(C(C)(C)C)cc(C(C)(C)C)c3)c2N2CN(c3cccc(Oc4cc5c(c([2H])c4[2H])c4c([2H])c([2H])c([2H])c([2H])c4n5-c4cc(C(C)(C)c5ccccc5)ccn4)c3)c3ccccc32)c([2H])c1[2H]. The second-order valence-electron chi connectivity index (χ2n) is 20.6. The highest BCUT2D eigenvalue weighted by Crippen LogP contribution is 2.51. The fourth-order valence-corrected chi connectivity index (χ4v) is 9.58. The fraction of sp³-hybridized carbons (Fsp3) is 0.185. The van der Waals surface area contributed by atoms with Gasteiger partial charge >= 0.3 is 0 Å². The average Bonchev–Trinajstić information content (AvgIpc) is 4.03. The number of rotatable bonds is 9. The van der Waals surface area contributed by atoms with Crippen molar-refractivity contribution in [1.82, 2.24) is 9.55 Å². The zero-order valence-corrected chi connectivity index (χ0v) is 40.7. The lowest BCUT2D eigenvalue weighted by atomic mass is 9.78. The minimum absolute atomic E-state index is 0.0116. The van der Waals surface area contributed by atoms with E-state index in [0.717, 1.165) is 44.8 Å². The number of para-hydroxylation sites is 4. The molecule has 3 heterocycles. The number of hydrogen-bond acceptors (Lipinski definition) is 4. The average molecular weight is 924 g/mol. The van der Waals surface area contributed by atoms with Crippen LogP contribution < -0.4 is 14.5 Å². The number of anilines is 4. The van der Waals surface area contributed by atoms with Crippen molar-refractivity contribution in [2.24, 2.45) is 0 Å². The van der Waals surface area contributed by atoms with E-state index < -0.39 is 35.6 Å². The Hall–Kier alpha value is -7.89. The maximum absolute atomic E-state index is 9.54. The van der Waals surface area contributed by atoms with E-state index >= 15 is 0 Å². The van der Waals surface area contributed by atoms with Gasteiger partial charge in [-0.25, -0.2) is 4.98 Å². The van der Waals surface area contributed by atoms with Gasteiger partial charge in [-0.3, -0.25) is 4.57 Å². The Morgan fingerprint density at radius 1 is 0.486 bits per heavy atom. The van der Waals surface area contributed by atoms with Crippen molar-refractivity contribution in [3.63, 3.8) is 0 Å². The summed E-state index contributed by atoms with van der Waals surface area (Å²) in [5.41, 5.74) is 8.93. The van der Waals surface area contributed by atoms with Crippen LogP contribution in [-0.4, -0.2) is 16.2 Å². The maximum Gasteiger partial charge on any atom is 0.137 e. The number of ether oxygens (including phenoxy) is 1.